The Bertz CT molecular complexity index is 392. The molecule has 1 aliphatic rings. The molecule has 1 aromatic carbocycles. The fraction of sp³-hybridized carbons (Fsp3) is 0.600. The third-order valence-electron chi connectivity index (χ3n) is 3.29. The fourth-order valence-electron chi connectivity index (χ4n) is 2.29. The minimum Gasteiger partial charge on any atom is -0.491 e. The minimum absolute atomic E-state index is 0.298. The Labute approximate surface area is 114 Å². The van der Waals surface area contributed by atoms with Gasteiger partial charge in [-0.05, 0) is 42.5 Å². The van der Waals surface area contributed by atoms with E-state index in [2.05, 4.69) is 0 Å². The molecule has 4 heteroatoms. The molecular formula is C15H22O4. The third kappa shape index (κ3) is 4.20. The van der Waals surface area contributed by atoms with Crippen molar-refractivity contribution in [1.82, 2.24) is 0 Å². The molecule has 2 rings (SSSR count). The summed E-state index contributed by atoms with van der Waals surface area (Å²) in [5, 5.41) is 9.72. The summed E-state index contributed by atoms with van der Waals surface area (Å²) in [5.74, 6) is 0.855. The van der Waals surface area contributed by atoms with Gasteiger partial charge < -0.3 is 19.3 Å². The maximum atomic E-state index is 9.72. The Morgan fingerprint density at radius 3 is 2.95 bits per heavy atom. The van der Waals surface area contributed by atoms with Crippen LogP contribution >= 0.6 is 0 Å². The first-order valence-corrected chi connectivity index (χ1v) is 6.81. The predicted octanol–water partition coefficient (Wildman–Crippen LogP) is 2.10. The zero-order valence-electron chi connectivity index (χ0n) is 11.4. The molecule has 1 atom stereocenters. The second kappa shape index (κ2) is 7.48. The van der Waals surface area contributed by atoms with E-state index in [9.17, 15) is 5.11 Å². The Balaban J connectivity index is 1.67. The zero-order valence-corrected chi connectivity index (χ0v) is 11.4. The highest BCUT2D eigenvalue weighted by molar-refractivity contribution is 5.39. The highest BCUT2D eigenvalue weighted by atomic mass is 16.5. The number of hydrogen-bond acceptors (Lipinski definition) is 4. The molecule has 0 bridgehead atoms. The average Bonchev–Trinajstić information content (AvgIpc) is 2.79. The van der Waals surface area contributed by atoms with Crippen LogP contribution in [-0.2, 0) is 15.9 Å². The molecule has 0 spiro atoms. The van der Waals surface area contributed by atoms with Crippen LogP contribution in [0.25, 0.3) is 0 Å². The van der Waals surface area contributed by atoms with Gasteiger partial charge in [-0.2, -0.15) is 0 Å². The van der Waals surface area contributed by atoms with Crippen LogP contribution in [0.2, 0.25) is 0 Å². The quantitative estimate of drug-likeness (QED) is 0.732. The van der Waals surface area contributed by atoms with Gasteiger partial charge >= 0.3 is 0 Å². The lowest BCUT2D eigenvalue weighted by Crippen LogP contribution is -2.08. The number of fused-ring (bicyclic) bond motifs is 1. The number of ether oxygens (including phenoxy) is 3. The van der Waals surface area contributed by atoms with E-state index in [0.717, 1.165) is 37.2 Å². The minimum atomic E-state index is -0.298. The molecule has 19 heavy (non-hydrogen) atoms. The van der Waals surface area contributed by atoms with Crippen molar-refractivity contribution in [3.05, 3.63) is 29.3 Å². The van der Waals surface area contributed by atoms with Crippen molar-refractivity contribution in [2.75, 3.05) is 33.5 Å². The van der Waals surface area contributed by atoms with E-state index in [1.807, 2.05) is 18.2 Å². The van der Waals surface area contributed by atoms with E-state index in [4.69, 9.17) is 14.2 Å². The second-order valence-corrected chi connectivity index (χ2v) is 4.72. The number of aliphatic hydroxyl groups is 1. The Hall–Kier alpha value is -1.10. The number of rotatable bonds is 8. The summed E-state index contributed by atoms with van der Waals surface area (Å²) in [6, 6.07) is 5.90. The van der Waals surface area contributed by atoms with Crippen molar-refractivity contribution in [2.24, 2.45) is 0 Å². The van der Waals surface area contributed by atoms with Gasteiger partial charge in [0.1, 0.15) is 12.4 Å². The fourth-order valence-corrected chi connectivity index (χ4v) is 2.29. The van der Waals surface area contributed by atoms with Gasteiger partial charge in [-0.25, -0.2) is 0 Å². The van der Waals surface area contributed by atoms with E-state index in [0.29, 0.717) is 19.8 Å². The van der Waals surface area contributed by atoms with E-state index in [1.54, 1.807) is 7.11 Å². The van der Waals surface area contributed by atoms with E-state index >= 15 is 0 Å². The van der Waals surface area contributed by atoms with Crippen LogP contribution in [-0.4, -0.2) is 38.6 Å². The Morgan fingerprint density at radius 1 is 1.21 bits per heavy atom. The largest absolute Gasteiger partial charge is 0.491 e. The van der Waals surface area contributed by atoms with Gasteiger partial charge in [0, 0.05) is 20.3 Å². The summed E-state index contributed by atoms with van der Waals surface area (Å²) >= 11 is 0. The summed E-state index contributed by atoms with van der Waals surface area (Å²) in [6.45, 7) is 2.57. The SMILES string of the molecule is COCCCOCCOc1ccc2c(c1)CC[C@@H]2O. The topological polar surface area (TPSA) is 47.9 Å². The van der Waals surface area contributed by atoms with Crippen LogP contribution in [0.5, 0.6) is 5.75 Å². The van der Waals surface area contributed by atoms with E-state index < -0.39 is 0 Å². The van der Waals surface area contributed by atoms with Crippen LogP contribution in [0.4, 0.5) is 0 Å². The molecule has 4 nitrogen and oxygen atoms in total. The first kappa shape index (κ1) is 14.3. The molecular weight excluding hydrogens is 244 g/mol. The zero-order chi connectivity index (χ0) is 13.5. The van der Waals surface area contributed by atoms with E-state index in [1.165, 1.54) is 5.56 Å². The molecule has 0 heterocycles. The molecule has 0 aromatic heterocycles. The molecule has 0 amide bonds. The smallest absolute Gasteiger partial charge is 0.119 e. The van der Waals surface area contributed by atoms with Gasteiger partial charge in [-0.15, -0.1) is 0 Å². The van der Waals surface area contributed by atoms with E-state index in [-0.39, 0.29) is 6.10 Å². The highest BCUT2D eigenvalue weighted by Gasteiger charge is 2.20. The number of aliphatic hydroxyl groups excluding tert-OH is 1. The molecule has 1 aliphatic carbocycles. The molecule has 0 radical (unpaired) electrons. The van der Waals surface area contributed by atoms with Crippen LogP contribution in [0.1, 0.15) is 30.1 Å². The molecule has 0 unspecified atom stereocenters. The average molecular weight is 266 g/mol. The van der Waals surface area contributed by atoms with Crippen molar-refractivity contribution < 1.29 is 19.3 Å². The third-order valence-corrected chi connectivity index (χ3v) is 3.29. The van der Waals surface area contributed by atoms with Gasteiger partial charge in [0.2, 0.25) is 0 Å². The van der Waals surface area contributed by atoms with Crippen LogP contribution in [0, 0.1) is 0 Å². The Kier molecular flexibility index (Phi) is 5.63. The first-order valence-electron chi connectivity index (χ1n) is 6.81. The van der Waals surface area contributed by atoms with Crippen LogP contribution in [0.15, 0.2) is 18.2 Å². The number of methoxy groups -OCH3 is 1. The molecule has 1 aromatic rings. The van der Waals surface area contributed by atoms with Crippen molar-refractivity contribution in [3.8, 4) is 5.75 Å². The second-order valence-electron chi connectivity index (χ2n) is 4.72. The number of aryl methyl sites for hydroxylation is 1. The summed E-state index contributed by atoms with van der Waals surface area (Å²) in [6.07, 6.45) is 2.36. The van der Waals surface area contributed by atoms with Crippen LogP contribution in [0.3, 0.4) is 0 Å². The molecule has 0 saturated heterocycles. The van der Waals surface area contributed by atoms with Gasteiger partial charge in [-0.3, -0.25) is 0 Å². The molecule has 0 aliphatic heterocycles. The lowest BCUT2D eigenvalue weighted by atomic mass is 10.1. The number of hydrogen-bond donors (Lipinski definition) is 1. The first-order chi connectivity index (χ1) is 9.31. The lowest BCUT2D eigenvalue weighted by molar-refractivity contribution is 0.0806. The van der Waals surface area contributed by atoms with Crippen molar-refractivity contribution in [2.45, 2.75) is 25.4 Å². The maximum Gasteiger partial charge on any atom is 0.119 e. The lowest BCUT2D eigenvalue weighted by Gasteiger charge is -2.09. The standard InChI is InChI=1S/C15H22O4/c1-17-7-2-8-18-9-10-19-13-4-5-14-12(11-13)3-6-15(14)16/h4-5,11,15-16H,2-3,6-10H2,1H3/t15-/m0/s1. The predicted molar refractivity (Wildman–Crippen MR) is 72.5 cm³/mol. The van der Waals surface area contributed by atoms with Crippen molar-refractivity contribution in [3.63, 3.8) is 0 Å². The maximum absolute atomic E-state index is 9.72. The Morgan fingerprint density at radius 2 is 2.11 bits per heavy atom. The summed E-state index contributed by atoms with van der Waals surface area (Å²) < 4.78 is 16.0. The summed E-state index contributed by atoms with van der Waals surface area (Å²) in [5.41, 5.74) is 2.24. The van der Waals surface area contributed by atoms with Gasteiger partial charge in [-0.1, -0.05) is 6.07 Å². The monoisotopic (exact) mass is 266 g/mol. The van der Waals surface area contributed by atoms with Gasteiger partial charge in [0.15, 0.2) is 0 Å². The highest BCUT2D eigenvalue weighted by Crippen LogP contribution is 2.33. The van der Waals surface area contributed by atoms with Crippen LogP contribution < -0.4 is 4.74 Å². The van der Waals surface area contributed by atoms with Crippen molar-refractivity contribution in [1.29, 1.82) is 0 Å². The molecule has 0 fully saturated rings. The number of benzene rings is 1. The summed E-state index contributed by atoms with van der Waals surface area (Å²) in [4.78, 5) is 0. The summed E-state index contributed by atoms with van der Waals surface area (Å²) in [7, 11) is 1.69. The molecule has 0 saturated carbocycles. The molecule has 106 valence electrons. The molecule has 1 N–H and O–H groups in total. The van der Waals surface area contributed by atoms with Gasteiger partial charge in [0.25, 0.3) is 0 Å². The van der Waals surface area contributed by atoms with Crippen molar-refractivity contribution >= 4 is 0 Å². The normalized spacial score (nSPS) is 17.5. The van der Waals surface area contributed by atoms with Gasteiger partial charge in [0.05, 0.1) is 12.7 Å².